The Hall–Kier alpha value is -3.52. The first-order valence-corrected chi connectivity index (χ1v) is 10.1. The Morgan fingerprint density at radius 3 is 2.52 bits per heavy atom. The minimum Gasteiger partial charge on any atom is -0.489 e. The molecule has 2 amide bonds. The zero-order valence-electron chi connectivity index (χ0n) is 16.6. The monoisotopic (exact) mass is 483 g/mol. The van der Waals surface area contributed by atoms with Crippen molar-refractivity contribution in [1.29, 1.82) is 0 Å². The summed E-state index contributed by atoms with van der Waals surface area (Å²) in [5, 5.41) is 6.33. The Morgan fingerprint density at radius 1 is 1.06 bits per heavy atom. The number of benzene rings is 3. The van der Waals surface area contributed by atoms with Crippen LogP contribution in [0.5, 0.6) is 5.75 Å². The number of hydrogen-bond donors (Lipinski definition) is 2. The van der Waals surface area contributed by atoms with Crippen LogP contribution in [0, 0.1) is 12.7 Å². The molecule has 2 N–H and O–H groups in total. The zero-order chi connectivity index (χ0) is 22.2. The van der Waals surface area contributed by atoms with Crippen LogP contribution >= 0.6 is 15.9 Å². The predicted molar refractivity (Wildman–Crippen MR) is 120 cm³/mol. The third-order valence-corrected chi connectivity index (χ3v) is 4.75. The lowest BCUT2D eigenvalue weighted by molar-refractivity contribution is -0.136. The van der Waals surface area contributed by atoms with Crippen LogP contribution in [0.4, 0.5) is 10.1 Å². The summed E-state index contributed by atoms with van der Waals surface area (Å²) < 4.78 is 20.1. The Morgan fingerprint density at radius 2 is 1.81 bits per heavy atom. The molecule has 0 saturated heterocycles. The fraction of sp³-hybridized carbons (Fsp3) is 0.0870. The minimum atomic E-state index is -0.886. The van der Waals surface area contributed by atoms with Gasteiger partial charge in [0, 0.05) is 15.7 Å². The molecular weight excluding hydrogens is 465 g/mol. The smallest absolute Gasteiger partial charge is 0.329 e. The van der Waals surface area contributed by atoms with Gasteiger partial charge in [-0.2, -0.15) is 5.10 Å². The van der Waals surface area contributed by atoms with Crippen molar-refractivity contribution in [2.75, 3.05) is 5.32 Å². The highest BCUT2D eigenvalue weighted by Gasteiger charge is 2.14. The van der Waals surface area contributed by atoms with E-state index in [-0.39, 0.29) is 12.4 Å². The van der Waals surface area contributed by atoms with Gasteiger partial charge in [0.05, 0.1) is 6.21 Å². The fourth-order valence-electron chi connectivity index (χ4n) is 2.59. The maximum Gasteiger partial charge on any atom is 0.329 e. The van der Waals surface area contributed by atoms with Gasteiger partial charge in [-0.15, -0.1) is 0 Å². The van der Waals surface area contributed by atoms with Crippen LogP contribution in [0.15, 0.2) is 76.3 Å². The summed E-state index contributed by atoms with van der Waals surface area (Å²) >= 11 is 3.34. The molecule has 8 heteroatoms. The van der Waals surface area contributed by atoms with E-state index >= 15 is 0 Å². The van der Waals surface area contributed by atoms with Gasteiger partial charge in [-0.25, -0.2) is 9.82 Å². The van der Waals surface area contributed by atoms with E-state index in [0.29, 0.717) is 22.6 Å². The Bertz CT molecular complexity index is 1120. The number of rotatable bonds is 6. The van der Waals surface area contributed by atoms with Gasteiger partial charge in [0.1, 0.15) is 18.2 Å². The molecule has 0 fully saturated rings. The predicted octanol–water partition coefficient (Wildman–Crippen LogP) is 4.56. The van der Waals surface area contributed by atoms with Crippen LogP contribution in [0.3, 0.4) is 0 Å². The van der Waals surface area contributed by atoms with Gasteiger partial charge in [0.2, 0.25) is 0 Å². The molecule has 158 valence electrons. The quantitative estimate of drug-likeness (QED) is 0.306. The van der Waals surface area contributed by atoms with Crippen molar-refractivity contribution in [3.05, 3.63) is 93.7 Å². The maximum atomic E-state index is 13.6. The molecule has 0 heterocycles. The first kappa shape index (κ1) is 22.2. The average molecular weight is 484 g/mol. The highest BCUT2D eigenvalue weighted by Crippen LogP contribution is 2.20. The number of hydrazone groups is 1. The van der Waals surface area contributed by atoms with Gasteiger partial charge in [-0.3, -0.25) is 9.59 Å². The SMILES string of the molecule is Cc1cc(Br)ccc1NC(=O)C(=O)N/N=C/c1ccc(OCc2ccccc2F)cc1. The van der Waals surface area contributed by atoms with E-state index in [9.17, 15) is 14.0 Å². The first-order chi connectivity index (χ1) is 14.9. The molecule has 3 rings (SSSR count). The van der Waals surface area contributed by atoms with Crippen molar-refractivity contribution >= 4 is 39.6 Å². The Labute approximate surface area is 187 Å². The third kappa shape index (κ3) is 6.48. The molecule has 0 saturated carbocycles. The Kier molecular flexibility index (Phi) is 7.50. The lowest BCUT2D eigenvalue weighted by atomic mass is 10.2. The van der Waals surface area contributed by atoms with Crippen LogP contribution < -0.4 is 15.5 Å². The summed E-state index contributed by atoms with van der Waals surface area (Å²) in [4.78, 5) is 23.9. The topological polar surface area (TPSA) is 79.8 Å². The molecule has 3 aromatic carbocycles. The molecule has 0 atom stereocenters. The highest BCUT2D eigenvalue weighted by molar-refractivity contribution is 9.10. The summed E-state index contributed by atoms with van der Waals surface area (Å²) in [6.07, 6.45) is 1.40. The number of nitrogens with one attached hydrogen (secondary N) is 2. The zero-order valence-corrected chi connectivity index (χ0v) is 18.1. The molecule has 0 aromatic heterocycles. The first-order valence-electron chi connectivity index (χ1n) is 9.29. The van der Waals surface area contributed by atoms with Crippen molar-refractivity contribution < 1.29 is 18.7 Å². The number of amides is 2. The summed E-state index contributed by atoms with van der Waals surface area (Å²) in [5.41, 5.74) is 4.69. The van der Waals surface area contributed by atoms with E-state index in [2.05, 4.69) is 31.8 Å². The second-order valence-corrected chi connectivity index (χ2v) is 7.48. The summed E-state index contributed by atoms with van der Waals surface area (Å²) in [5.74, 6) is -1.46. The number of hydrogen-bond acceptors (Lipinski definition) is 4. The molecular formula is C23H19BrFN3O3. The molecule has 0 bridgehead atoms. The van der Waals surface area contributed by atoms with E-state index in [1.54, 1.807) is 54.6 Å². The lowest BCUT2D eigenvalue weighted by Crippen LogP contribution is -2.32. The number of ether oxygens (including phenoxy) is 1. The summed E-state index contributed by atoms with van der Waals surface area (Å²) in [6, 6.07) is 18.5. The largest absolute Gasteiger partial charge is 0.489 e. The van der Waals surface area contributed by atoms with Crippen molar-refractivity contribution in [1.82, 2.24) is 5.43 Å². The van der Waals surface area contributed by atoms with Gasteiger partial charge in [0.15, 0.2) is 0 Å². The molecule has 6 nitrogen and oxygen atoms in total. The van der Waals surface area contributed by atoms with Gasteiger partial charge >= 0.3 is 11.8 Å². The molecule has 0 spiro atoms. The number of anilines is 1. The second kappa shape index (κ2) is 10.5. The fourth-order valence-corrected chi connectivity index (χ4v) is 3.06. The van der Waals surface area contributed by atoms with Crippen LogP contribution in [0.2, 0.25) is 0 Å². The van der Waals surface area contributed by atoms with E-state index in [1.165, 1.54) is 12.3 Å². The number of aryl methyl sites for hydroxylation is 1. The van der Waals surface area contributed by atoms with Crippen LogP contribution in [-0.4, -0.2) is 18.0 Å². The number of carbonyl (C=O) groups is 2. The molecule has 0 radical (unpaired) electrons. The van der Waals surface area contributed by atoms with Crippen LogP contribution in [0.1, 0.15) is 16.7 Å². The second-order valence-electron chi connectivity index (χ2n) is 6.56. The van der Waals surface area contributed by atoms with E-state index in [0.717, 1.165) is 10.0 Å². The van der Waals surface area contributed by atoms with Crippen molar-refractivity contribution in [3.8, 4) is 5.75 Å². The molecule has 3 aromatic rings. The Balaban J connectivity index is 1.49. The van der Waals surface area contributed by atoms with Crippen molar-refractivity contribution in [3.63, 3.8) is 0 Å². The van der Waals surface area contributed by atoms with Crippen molar-refractivity contribution in [2.24, 2.45) is 5.10 Å². The number of nitrogens with zero attached hydrogens (tertiary/aromatic N) is 1. The van der Waals surface area contributed by atoms with E-state index < -0.39 is 11.8 Å². The van der Waals surface area contributed by atoms with Gasteiger partial charge in [-0.1, -0.05) is 34.1 Å². The van der Waals surface area contributed by atoms with Gasteiger partial charge in [-0.05, 0) is 66.6 Å². The molecule has 0 unspecified atom stereocenters. The van der Waals surface area contributed by atoms with E-state index in [1.807, 2.05) is 13.0 Å². The molecule has 0 aliphatic carbocycles. The number of carbonyl (C=O) groups excluding carboxylic acids is 2. The van der Waals surface area contributed by atoms with Gasteiger partial charge in [0.25, 0.3) is 0 Å². The minimum absolute atomic E-state index is 0.114. The highest BCUT2D eigenvalue weighted by atomic mass is 79.9. The third-order valence-electron chi connectivity index (χ3n) is 4.25. The average Bonchev–Trinajstić information content (AvgIpc) is 2.76. The molecule has 0 aliphatic heterocycles. The van der Waals surface area contributed by atoms with E-state index in [4.69, 9.17) is 4.74 Å². The van der Waals surface area contributed by atoms with Crippen LogP contribution in [-0.2, 0) is 16.2 Å². The summed E-state index contributed by atoms with van der Waals surface area (Å²) in [7, 11) is 0. The lowest BCUT2D eigenvalue weighted by Gasteiger charge is -2.08. The van der Waals surface area contributed by atoms with Crippen molar-refractivity contribution in [2.45, 2.75) is 13.5 Å². The van der Waals surface area contributed by atoms with Crippen LogP contribution in [0.25, 0.3) is 0 Å². The molecule has 0 aliphatic rings. The summed E-state index contributed by atoms with van der Waals surface area (Å²) in [6.45, 7) is 1.93. The molecule has 31 heavy (non-hydrogen) atoms. The van der Waals surface area contributed by atoms with Gasteiger partial charge < -0.3 is 10.1 Å². The normalized spacial score (nSPS) is 10.7. The standard InChI is InChI=1S/C23H19BrFN3O3/c1-15-12-18(24)8-11-21(15)27-22(29)23(30)28-26-13-16-6-9-19(10-7-16)31-14-17-4-2-3-5-20(17)25/h2-13H,14H2,1H3,(H,27,29)(H,28,30)/b26-13+. The maximum absolute atomic E-state index is 13.6. The number of halogens is 2.